The molecule has 0 amide bonds. The van der Waals surface area contributed by atoms with Gasteiger partial charge in [-0.3, -0.25) is 10.1 Å². The predicted molar refractivity (Wildman–Crippen MR) is 132 cm³/mol. The summed E-state index contributed by atoms with van der Waals surface area (Å²) in [6.07, 6.45) is 7.34. The molecule has 1 aliphatic rings. The van der Waals surface area contributed by atoms with Crippen LogP contribution in [0.3, 0.4) is 0 Å². The van der Waals surface area contributed by atoms with Gasteiger partial charge in [-0.2, -0.15) is 0 Å². The Morgan fingerprint density at radius 2 is 1.73 bits per heavy atom. The first-order valence-electron chi connectivity index (χ1n) is 10.7. The van der Waals surface area contributed by atoms with Crippen LogP contribution in [0, 0.1) is 10.1 Å². The van der Waals surface area contributed by atoms with E-state index in [1.807, 2.05) is 0 Å². The van der Waals surface area contributed by atoms with Crippen LogP contribution in [0.25, 0.3) is 0 Å². The number of hydrogen-bond donors (Lipinski definition) is 2. The number of nitro groups is 1. The van der Waals surface area contributed by atoms with Crippen LogP contribution in [-0.4, -0.2) is 62.2 Å². The van der Waals surface area contributed by atoms with Crippen LogP contribution in [0.15, 0.2) is 29.3 Å². The normalized spacial score (nSPS) is 15.2. The molecule has 8 nitrogen and oxygen atoms in total. The highest BCUT2D eigenvalue weighted by atomic mass is 127. The number of methoxy groups -OCH3 is 1. The first-order valence-corrected chi connectivity index (χ1v) is 10.7. The predicted octanol–water partition coefficient (Wildman–Crippen LogP) is 3.55. The largest absolute Gasteiger partial charge is 0.385 e. The number of rotatable bonds is 11. The van der Waals surface area contributed by atoms with E-state index in [4.69, 9.17) is 4.74 Å². The van der Waals surface area contributed by atoms with E-state index in [-0.39, 0.29) is 34.6 Å². The quantitative estimate of drug-likeness (QED) is 0.113. The molecule has 30 heavy (non-hydrogen) atoms. The third-order valence-corrected chi connectivity index (χ3v) is 5.03. The second-order valence-corrected chi connectivity index (χ2v) is 7.40. The Bertz CT molecular complexity index is 620. The second-order valence-electron chi connectivity index (χ2n) is 7.40. The van der Waals surface area contributed by atoms with Gasteiger partial charge >= 0.3 is 0 Å². The zero-order chi connectivity index (χ0) is 20.7. The van der Waals surface area contributed by atoms with Gasteiger partial charge in [0.25, 0.3) is 5.69 Å². The van der Waals surface area contributed by atoms with Gasteiger partial charge in [-0.25, -0.2) is 4.99 Å². The molecule has 0 radical (unpaired) electrons. The molecule has 0 aliphatic carbocycles. The maximum absolute atomic E-state index is 10.8. The first-order chi connectivity index (χ1) is 14.2. The lowest BCUT2D eigenvalue weighted by atomic mass is 10.2. The number of ether oxygens (including phenoxy) is 1. The summed E-state index contributed by atoms with van der Waals surface area (Å²) in [5.41, 5.74) is 1.04. The molecule has 2 rings (SSSR count). The number of non-ortho nitro benzene ring substituents is 1. The number of halogens is 1. The Kier molecular flexibility index (Phi) is 14.4. The topological polar surface area (TPSA) is 92.0 Å². The molecule has 0 aromatic heterocycles. The number of nitro benzene ring substituents is 1. The van der Waals surface area contributed by atoms with E-state index in [9.17, 15) is 10.1 Å². The Balaban J connectivity index is 0.00000450. The minimum absolute atomic E-state index is 0. The monoisotopic (exact) mass is 533 g/mol. The molecule has 1 aliphatic heterocycles. The third-order valence-electron chi connectivity index (χ3n) is 5.03. The minimum atomic E-state index is -0.387. The third kappa shape index (κ3) is 11.1. The number of likely N-dealkylation sites (tertiary alicyclic amines) is 1. The summed E-state index contributed by atoms with van der Waals surface area (Å²) >= 11 is 0. The summed E-state index contributed by atoms with van der Waals surface area (Å²) in [6, 6.07) is 6.54. The molecule has 0 spiro atoms. The van der Waals surface area contributed by atoms with E-state index in [1.165, 1.54) is 50.9 Å². The van der Waals surface area contributed by atoms with Crippen LogP contribution < -0.4 is 10.6 Å². The Morgan fingerprint density at radius 1 is 1.10 bits per heavy atom. The van der Waals surface area contributed by atoms with Gasteiger partial charge in [0.2, 0.25) is 0 Å². The van der Waals surface area contributed by atoms with Crippen LogP contribution >= 0.6 is 24.0 Å². The van der Waals surface area contributed by atoms with Crippen molar-refractivity contribution in [2.45, 2.75) is 45.1 Å². The van der Waals surface area contributed by atoms with Gasteiger partial charge in [-0.1, -0.05) is 25.0 Å². The lowest BCUT2D eigenvalue weighted by Gasteiger charge is -2.20. The SMILES string of the molecule is COCCCNC(=NCc1ccc([N+](=O)[O-])cc1)NCCCN1CCCCCC1.I. The number of guanidine groups is 1. The highest BCUT2D eigenvalue weighted by Gasteiger charge is 2.08. The van der Waals surface area contributed by atoms with Gasteiger partial charge in [0.1, 0.15) is 0 Å². The molecule has 1 saturated heterocycles. The highest BCUT2D eigenvalue weighted by Crippen LogP contribution is 2.12. The highest BCUT2D eigenvalue weighted by molar-refractivity contribution is 14.0. The summed E-state index contributed by atoms with van der Waals surface area (Å²) in [5.74, 6) is 0.773. The van der Waals surface area contributed by atoms with Crippen LogP contribution in [0.2, 0.25) is 0 Å². The van der Waals surface area contributed by atoms with E-state index in [2.05, 4.69) is 20.5 Å². The average molecular weight is 533 g/mol. The minimum Gasteiger partial charge on any atom is -0.385 e. The van der Waals surface area contributed by atoms with Crippen molar-refractivity contribution in [1.29, 1.82) is 0 Å². The van der Waals surface area contributed by atoms with Crippen molar-refractivity contribution in [2.24, 2.45) is 4.99 Å². The molecule has 0 atom stereocenters. The van der Waals surface area contributed by atoms with Gasteiger partial charge in [-0.05, 0) is 50.9 Å². The fourth-order valence-corrected chi connectivity index (χ4v) is 3.36. The van der Waals surface area contributed by atoms with Crippen LogP contribution in [0.4, 0.5) is 5.69 Å². The molecular weight excluding hydrogens is 497 g/mol. The van der Waals surface area contributed by atoms with Gasteiger partial charge in [0, 0.05) is 38.9 Å². The standard InChI is InChI=1S/C21H35N5O3.HI/c1-29-17-7-13-23-21(22-12-6-16-25-14-4-2-3-5-15-25)24-18-19-8-10-20(11-9-19)26(27)28;/h8-11H,2-7,12-18H2,1H3,(H2,22,23,24);1H. The van der Waals surface area contributed by atoms with Crippen LogP contribution in [-0.2, 0) is 11.3 Å². The molecule has 1 aromatic carbocycles. The van der Waals surface area contributed by atoms with Gasteiger partial charge in [-0.15, -0.1) is 24.0 Å². The van der Waals surface area contributed by atoms with E-state index in [0.29, 0.717) is 13.2 Å². The molecule has 2 N–H and O–H groups in total. The molecule has 1 fully saturated rings. The fourth-order valence-electron chi connectivity index (χ4n) is 3.36. The molecular formula is C21H36IN5O3. The van der Waals surface area contributed by atoms with Crippen LogP contribution in [0.1, 0.15) is 44.1 Å². The van der Waals surface area contributed by atoms with Crippen molar-refractivity contribution in [3.05, 3.63) is 39.9 Å². The van der Waals surface area contributed by atoms with Crippen molar-refractivity contribution in [3.8, 4) is 0 Å². The molecule has 1 aromatic rings. The van der Waals surface area contributed by atoms with Crippen molar-refractivity contribution in [1.82, 2.24) is 15.5 Å². The lowest BCUT2D eigenvalue weighted by molar-refractivity contribution is -0.384. The number of aliphatic imine (C=N–C) groups is 1. The summed E-state index contributed by atoms with van der Waals surface area (Å²) in [6.45, 7) is 6.39. The Morgan fingerprint density at radius 3 is 2.33 bits per heavy atom. The van der Waals surface area contributed by atoms with Gasteiger partial charge < -0.3 is 20.3 Å². The number of hydrogen-bond acceptors (Lipinski definition) is 5. The average Bonchev–Trinajstić information content (AvgIpc) is 3.01. The zero-order valence-corrected chi connectivity index (χ0v) is 20.3. The molecule has 0 bridgehead atoms. The van der Waals surface area contributed by atoms with Crippen LogP contribution in [0.5, 0.6) is 0 Å². The van der Waals surface area contributed by atoms with Gasteiger partial charge in [0.15, 0.2) is 5.96 Å². The molecule has 9 heteroatoms. The van der Waals surface area contributed by atoms with Crippen molar-refractivity contribution >= 4 is 35.6 Å². The summed E-state index contributed by atoms with van der Waals surface area (Å²) in [4.78, 5) is 17.6. The smallest absolute Gasteiger partial charge is 0.269 e. The number of benzene rings is 1. The number of nitrogens with zero attached hydrogens (tertiary/aromatic N) is 3. The Labute approximate surface area is 197 Å². The first kappa shape index (κ1) is 26.6. The summed E-state index contributed by atoms with van der Waals surface area (Å²) in [7, 11) is 1.70. The van der Waals surface area contributed by atoms with E-state index < -0.39 is 0 Å². The van der Waals surface area contributed by atoms with Gasteiger partial charge in [0.05, 0.1) is 11.5 Å². The summed E-state index contributed by atoms with van der Waals surface area (Å²) in [5, 5.41) is 17.5. The lowest BCUT2D eigenvalue weighted by Crippen LogP contribution is -2.39. The molecule has 170 valence electrons. The maximum Gasteiger partial charge on any atom is 0.269 e. The zero-order valence-electron chi connectivity index (χ0n) is 18.0. The number of nitrogens with one attached hydrogen (secondary N) is 2. The maximum atomic E-state index is 10.8. The Hall–Kier alpha value is -1.46. The molecule has 1 heterocycles. The van der Waals surface area contributed by atoms with E-state index >= 15 is 0 Å². The van der Waals surface area contributed by atoms with Crippen molar-refractivity contribution in [2.75, 3.05) is 46.4 Å². The van der Waals surface area contributed by atoms with E-state index in [1.54, 1.807) is 19.2 Å². The second kappa shape index (κ2) is 16.3. The summed E-state index contributed by atoms with van der Waals surface area (Å²) < 4.78 is 5.10. The molecule has 0 unspecified atom stereocenters. The van der Waals surface area contributed by atoms with E-state index in [0.717, 1.165) is 44.0 Å². The fraction of sp³-hybridized carbons (Fsp3) is 0.667. The van der Waals surface area contributed by atoms with Crippen molar-refractivity contribution in [3.63, 3.8) is 0 Å². The molecule has 0 saturated carbocycles. The van der Waals surface area contributed by atoms with Crippen molar-refractivity contribution < 1.29 is 9.66 Å².